The van der Waals surface area contributed by atoms with E-state index in [2.05, 4.69) is 25.7 Å². The predicted molar refractivity (Wildman–Crippen MR) is 68.5 cm³/mol. The molecule has 16 heavy (non-hydrogen) atoms. The molecule has 0 saturated carbocycles. The smallest absolute Gasteiger partial charge is 0.0855 e. The van der Waals surface area contributed by atoms with Crippen molar-refractivity contribution in [3.05, 3.63) is 0 Å². The lowest BCUT2D eigenvalue weighted by atomic mass is 9.90. The standard InChI is InChI=1S/C13H28N2O/c1-4-7-15-8-9-16-12(10-15)13(14)11(5-2)6-3/h11-13H,4-10,14H2,1-3H3. The lowest BCUT2D eigenvalue weighted by Gasteiger charge is -2.38. The van der Waals surface area contributed by atoms with Crippen LogP contribution in [0.3, 0.4) is 0 Å². The van der Waals surface area contributed by atoms with E-state index < -0.39 is 0 Å². The van der Waals surface area contributed by atoms with E-state index in [0.29, 0.717) is 5.92 Å². The van der Waals surface area contributed by atoms with Gasteiger partial charge in [0.1, 0.15) is 0 Å². The van der Waals surface area contributed by atoms with Gasteiger partial charge in [-0.1, -0.05) is 33.6 Å². The molecule has 1 heterocycles. The minimum atomic E-state index is 0.203. The van der Waals surface area contributed by atoms with E-state index in [9.17, 15) is 0 Å². The van der Waals surface area contributed by atoms with Crippen LogP contribution in [-0.4, -0.2) is 43.3 Å². The van der Waals surface area contributed by atoms with Crippen molar-refractivity contribution < 1.29 is 4.74 Å². The minimum absolute atomic E-state index is 0.203. The topological polar surface area (TPSA) is 38.5 Å². The zero-order valence-electron chi connectivity index (χ0n) is 11.1. The molecule has 0 aromatic heterocycles. The Kier molecular flexibility index (Phi) is 6.32. The summed E-state index contributed by atoms with van der Waals surface area (Å²) in [5.41, 5.74) is 6.32. The average molecular weight is 228 g/mol. The summed E-state index contributed by atoms with van der Waals surface area (Å²) in [6.07, 6.45) is 3.77. The second kappa shape index (κ2) is 7.25. The summed E-state index contributed by atoms with van der Waals surface area (Å²) in [6, 6.07) is 0.203. The average Bonchev–Trinajstić information content (AvgIpc) is 2.31. The molecule has 1 saturated heterocycles. The molecule has 1 aliphatic rings. The van der Waals surface area contributed by atoms with Gasteiger partial charge in [0.05, 0.1) is 12.7 Å². The van der Waals surface area contributed by atoms with Gasteiger partial charge in [-0.3, -0.25) is 4.90 Å². The van der Waals surface area contributed by atoms with Crippen LogP contribution in [0.4, 0.5) is 0 Å². The lowest BCUT2D eigenvalue weighted by molar-refractivity contribution is -0.0497. The number of nitrogens with two attached hydrogens (primary N) is 1. The van der Waals surface area contributed by atoms with Crippen molar-refractivity contribution in [1.82, 2.24) is 4.90 Å². The van der Waals surface area contributed by atoms with E-state index in [4.69, 9.17) is 10.5 Å². The van der Waals surface area contributed by atoms with Crippen LogP contribution in [0, 0.1) is 5.92 Å². The van der Waals surface area contributed by atoms with Crippen LogP contribution in [-0.2, 0) is 4.74 Å². The monoisotopic (exact) mass is 228 g/mol. The first-order valence-corrected chi connectivity index (χ1v) is 6.82. The number of rotatable bonds is 6. The molecule has 0 spiro atoms. The third kappa shape index (κ3) is 3.72. The Labute approximate surface area is 100 Å². The summed E-state index contributed by atoms with van der Waals surface area (Å²) < 4.78 is 5.83. The number of morpholine rings is 1. The third-order valence-electron chi connectivity index (χ3n) is 3.74. The van der Waals surface area contributed by atoms with Gasteiger partial charge in [-0.05, 0) is 18.9 Å². The van der Waals surface area contributed by atoms with Crippen LogP contribution >= 0.6 is 0 Å². The number of hydrogen-bond donors (Lipinski definition) is 1. The van der Waals surface area contributed by atoms with E-state index in [1.807, 2.05) is 0 Å². The SMILES string of the molecule is CCCN1CCOC(C(N)C(CC)CC)C1. The van der Waals surface area contributed by atoms with Gasteiger partial charge in [-0.2, -0.15) is 0 Å². The summed E-state index contributed by atoms with van der Waals surface area (Å²) in [5, 5.41) is 0. The molecule has 0 aromatic carbocycles. The summed E-state index contributed by atoms with van der Waals surface area (Å²) in [5.74, 6) is 0.603. The molecule has 3 heteroatoms. The van der Waals surface area contributed by atoms with Crippen molar-refractivity contribution in [2.75, 3.05) is 26.2 Å². The molecule has 1 rings (SSSR count). The third-order valence-corrected chi connectivity index (χ3v) is 3.74. The van der Waals surface area contributed by atoms with Gasteiger partial charge in [0, 0.05) is 19.1 Å². The Morgan fingerprint density at radius 1 is 1.31 bits per heavy atom. The van der Waals surface area contributed by atoms with Gasteiger partial charge in [-0.15, -0.1) is 0 Å². The van der Waals surface area contributed by atoms with E-state index >= 15 is 0 Å². The van der Waals surface area contributed by atoms with E-state index in [0.717, 1.165) is 32.5 Å². The summed E-state index contributed by atoms with van der Waals surface area (Å²) in [7, 11) is 0. The molecular formula is C13H28N2O. The molecule has 96 valence electrons. The molecule has 0 amide bonds. The number of hydrogen-bond acceptors (Lipinski definition) is 3. The van der Waals surface area contributed by atoms with Gasteiger partial charge in [0.2, 0.25) is 0 Å². The van der Waals surface area contributed by atoms with Gasteiger partial charge >= 0.3 is 0 Å². The summed E-state index contributed by atoms with van der Waals surface area (Å²) in [4.78, 5) is 2.48. The quantitative estimate of drug-likeness (QED) is 0.754. The van der Waals surface area contributed by atoms with Gasteiger partial charge in [0.25, 0.3) is 0 Å². The van der Waals surface area contributed by atoms with Crippen LogP contribution in [0.25, 0.3) is 0 Å². The van der Waals surface area contributed by atoms with Gasteiger partial charge in [0.15, 0.2) is 0 Å². The Morgan fingerprint density at radius 3 is 2.56 bits per heavy atom. The largest absolute Gasteiger partial charge is 0.374 e. The van der Waals surface area contributed by atoms with Crippen molar-refractivity contribution in [2.24, 2.45) is 11.7 Å². The number of ether oxygens (including phenoxy) is 1. The molecule has 0 aromatic rings. The highest BCUT2D eigenvalue weighted by molar-refractivity contribution is 4.84. The fourth-order valence-corrected chi connectivity index (χ4v) is 2.62. The zero-order valence-corrected chi connectivity index (χ0v) is 11.1. The fraction of sp³-hybridized carbons (Fsp3) is 1.00. The molecule has 1 aliphatic heterocycles. The van der Waals surface area contributed by atoms with Crippen LogP contribution in [0.1, 0.15) is 40.0 Å². The van der Waals surface area contributed by atoms with Crippen LogP contribution in [0.2, 0.25) is 0 Å². The fourth-order valence-electron chi connectivity index (χ4n) is 2.62. The predicted octanol–water partition coefficient (Wildman–Crippen LogP) is 1.86. The second-order valence-corrected chi connectivity index (χ2v) is 4.86. The molecular weight excluding hydrogens is 200 g/mol. The summed E-state index contributed by atoms with van der Waals surface area (Å²) in [6.45, 7) is 10.8. The van der Waals surface area contributed by atoms with Crippen molar-refractivity contribution in [3.63, 3.8) is 0 Å². The minimum Gasteiger partial charge on any atom is -0.374 e. The second-order valence-electron chi connectivity index (χ2n) is 4.86. The van der Waals surface area contributed by atoms with Crippen LogP contribution in [0.15, 0.2) is 0 Å². The Morgan fingerprint density at radius 2 is 2.00 bits per heavy atom. The first-order valence-electron chi connectivity index (χ1n) is 6.82. The Bertz CT molecular complexity index is 181. The molecule has 0 aliphatic carbocycles. The maximum Gasteiger partial charge on any atom is 0.0855 e. The molecule has 1 fully saturated rings. The van der Waals surface area contributed by atoms with Crippen LogP contribution < -0.4 is 5.73 Å². The maximum absolute atomic E-state index is 6.32. The molecule has 2 atom stereocenters. The number of nitrogens with zero attached hydrogens (tertiary/aromatic N) is 1. The van der Waals surface area contributed by atoms with Crippen molar-refractivity contribution in [1.29, 1.82) is 0 Å². The molecule has 2 N–H and O–H groups in total. The van der Waals surface area contributed by atoms with Crippen molar-refractivity contribution >= 4 is 0 Å². The van der Waals surface area contributed by atoms with Gasteiger partial charge < -0.3 is 10.5 Å². The van der Waals surface area contributed by atoms with Crippen LogP contribution in [0.5, 0.6) is 0 Å². The van der Waals surface area contributed by atoms with E-state index in [1.165, 1.54) is 13.0 Å². The zero-order chi connectivity index (χ0) is 12.0. The van der Waals surface area contributed by atoms with E-state index in [-0.39, 0.29) is 12.1 Å². The molecule has 3 nitrogen and oxygen atoms in total. The highest BCUT2D eigenvalue weighted by Gasteiger charge is 2.29. The maximum atomic E-state index is 6.32. The summed E-state index contributed by atoms with van der Waals surface area (Å²) >= 11 is 0. The molecule has 2 unspecified atom stereocenters. The first kappa shape index (κ1) is 13.9. The Balaban J connectivity index is 2.45. The lowest BCUT2D eigenvalue weighted by Crippen LogP contribution is -2.53. The van der Waals surface area contributed by atoms with Gasteiger partial charge in [-0.25, -0.2) is 0 Å². The first-order chi connectivity index (χ1) is 7.72. The van der Waals surface area contributed by atoms with Crippen molar-refractivity contribution in [2.45, 2.75) is 52.2 Å². The highest BCUT2D eigenvalue weighted by Crippen LogP contribution is 2.19. The van der Waals surface area contributed by atoms with Crippen molar-refractivity contribution in [3.8, 4) is 0 Å². The Hall–Kier alpha value is -0.120. The molecule has 0 bridgehead atoms. The normalized spacial score (nSPS) is 24.9. The van der Waals surface area contributed by atoms with E-state index in [1.54, 1.807) is 0 Å². The molecule has 0 radical (unpaired) electrons. The highest BCUT2D eigenvalue weighted by atomic mass is 16.5.